The molecule has 2 N–H and O–H groups in total. The summed E-state index contributed by atoms with van der Waals surface area (Å²) in [6.45, 7) is 2.43. The van der Waals surface area contributed by atoms with Crippen molar-refractivity contribution in [3.63, 3.8) is 0 Å². The van der Waals surface area contributed by atoms with E-state index < -0.39 is 5.91 Å². The molecule has 0 aliphatic carbocycles. The summed E-state index contributed by atoms with van der Waals surface area (Å²) in [6, 6.07) is 8.91. The average Bonchev–Trinajstić information content (AvgIpc) is 2.35. The topological polar surface area (TPSA) is 47.0 Å². The lowest BCUT2D eigenvalue weighted by Gasteiger charge is -2.06. The van der Waals surface area contributed by atoms with Crippen LogP contribution in [0.1, 0.15) is 21.6 Å². The molecule has 3 nitrogen and oxygen atoms in total. The normalized spacial score (nSPS) is 10.5. The van der Waals surface area contributed by atoms with Crippen molar-refractivity contribution < 1.29 is 9.36 Å². The highest BCUT2D eigenvalue weighted by atomic mass is 35.5. The Kier molecular flexibility index (Phi) is 4.08. The molecular formula is C14H13Cl2N2O+. The van der Waals surface area contributed by atoms with Gasteiger partial charge in [0.05, 0.1) is 15.6 Å². The average molecular weight is 296 g/mol. The van der Waals surface area contributed by atoms with Gasteiger partial charge in [-0.1, -0.05) is 29.3 Å². The molecule has 0 aliphatic heterocycles. The Morgan fingerprint density at radius 1 is 1.21 bits per heavy atom. The predicted molar refractivity (Wildman–Crippen MR) is 75.5 cm³/mol. The van der Waals surface area contributed by atoms with E-state index in [2.05, 4.69) is 0 Å². The molecule has 1 aromatic carbocycles. The number of rotatable bonds is 3. The van der Waals surface area contributed by atoms with Crippen LogP contribution in [0.5, 0.6) is 0 Å². The van der Waals surface area contributed by atoms with Gasteiger partial charge in [0.25, 0.3) is 5.91 Å². The maximum absolute atomic E-state index is 11.2. The summed E-state index contributed by atoms with van der Waals surface area (Å²) in [5, 5.41) is 1.20. The first kappa shape index (κ1) is 13.8. The highest BCUT2D eigenvalue weighted by Gasteiger charge is 2.15. The van der Waals surface area contributed by atoms with Crippen LogP contribution in [-0.4, -0.2) is 5.91 Å². The van der Waals surface area contributed by atoms with Gasteiger partial charge < -0.3 is 5.73 Å². The maximum atomic E-state index is 11.2. The second kappa shape index (κ2) is 5.59. The molecule has 2 rings (SSSR count). The Labute approximate surface area is 121 Å². The number of primary amides is 1. The number of pyridine rings is 1. The molecule has 2 aromatic rings. The van der Waals surface area contributed by atoms with E-state index >= 15 is 0 Å². The minimum absolute atomic E-state index is 0.453. The van der Waals surface area contributed by atoms with Gasteiger partial charge in [0, 0.05) is 13.0 Å². The molecule has 19 heavy (non-hydrogen) atoms. The Balaban J connectivity index is 2.43. The number of aryl methyl sites for hydroxylation is 1. The van der Waals surface area contributed by atoms with Gasteiger partial charge in [-0.3, -0.25) is 4.79 Å². The third-order valence-corrected chi connectivity index (χ3v) is 3.63. The summed E-state index contributed by atoms with van der Waals surface area (Å²) in [6.07, 6.45) is 1.71. The first-order chi connectivity index (χ1) is 8.99. The highest BCUT2D eigenvalue weighted by Crippen LogP contribution is 2.23. The zero-order valence-electron chi connectivity index (χ0n) is 10.4. The second-order valence-corrected chi connectivity index (χ2v) is 5.07. The molecule has 0 saturated carbocycles. The Hall–Kier alpha value is -1.58. The SMILES string of the molecule is Cc1ccc(C(N)=O)c[n+]1Cc1c(Cl)cccc1Cl. The number of aromatic nitrogens is 1. The fourth-order valence-electron chi connectivity index (χ4n) is 1.79. The molecule has 0 saturated heterocycles. The molecule has 0 fully saturated rings. The van der Waals surface area contributed by atoms with E-state index in [0.29, 0.717) is 22.2 Å². The molecule has 1 aromatic heterocycles. The molecule has 0 atom stereocenters. The van der Waals surface area contributed by atoms with Crippen LogP contribution in [-0.2, 0) is 6.54 Å². The number of benzene rings is 1. The van der Waals surface area contributed by atoms with Crippen LogP contribution in [0.15, 0.2) is 36.5 Å². The van der Waals surface area contributed by atoms with Crippen molar-refractivity contribution in [3.8, 4) is 0 Å². The van der Waals surface area contributed by atoms with E-state index in [1.165, 1.54) is 0 Å². The third kappa shape index (κ3) is 3.06. The van der Waals surface area contributed by atoms with E-state index in [-0.39, 0.29) is 0 Å². The third-order valence-electron chi connectivity index (χ3n) is 2.93. The van der Waals surface area contributed by atoms with Crippen molar-refractivity contribution in [3.05, 3.63) is 63.4 Å². The Morgan fingerprint density at radius 2 is 1.84 bits per heavy atom. The zero-order chi connectivity index (χ0) is 14.0. The molecule has 0 bridgehead atoms. The summed E-state index contributed by atoms with van der Waals surface area (Å²) in [5.41, 5.74) is 7.54. The van der Waals surface area contributed by atoms with Crippen LogP contribution in [0, 0.1) is 6.92 Å². The van der Waals surface area contributed by atoms with Crippen molar-refractivity contribution in [1.82, 2.24) is 0 Å². The summed E-state index contributed by atoms with van der Waals surface area (Å²) >= 11 is 12.3. The van der Waals surface area contributed by atoms with Crippen LogP contribution < -0.4 is 10.3 Å². The first-order valence-corrected chi connectivity index (χ1v) is 6.47. The second-order valence-electron chi connectivity index (χ2n) is 4.25. The van der Waals surface area contributed by atoms with Gasteiger partial charge >= 0.3 is 0 Å². The Bertz CT molecular complexity index is 621. The summed E-state index contributed by atoms with van der Waals surface area (Å²) in [7, 11) is 0. The van der Waals surface area contributed by atoms with Crippen LogP contribution in [0.25, 0.3) is 0 Å². The molecule has 5 heteroatoms. The highest BCUT2D eigenvalue weighted by molar-refractivity contribution is 6.35. The van der Waals surface area contributed by atoms with Gasteiger partial charge in [0.1, 0.15) is 5.56 Å². The number of amides is 1. The lowest BCUT2D eigenvalue weighted by molar-refractivity contribution is -0.694. The number of hydrogen-bond donors (Lipinski definition) is 1. The molecule has 98 valence electrons. The van der Waals surface area contributed by atoms with Crippen molar-refractivity contribution in [2.24, 2.45) is 5.73 Å². The van der Waals surface area contributed by atoms with Gasteiger partial charge in [-0.15, -0.1) is 0 Å². The minimum atomic E-state index is -0.459. The number of hydrogen-bond acceptors (Lipinski definition) is 1. The summed E-state index contributed by atoms with van der Waals surface area (Å²) < 4.78 is 1.90. The number of nitrogens with zero attached hydrogens (tertiary/aromatic N) is 1. The van der Waals surface area contributed by atoms with E-state index in [9.17, 15) is 4.79 Å². The molecular weight excluding hydrogens is 283 g/mol. The van der Waals surface area contributed by atoms with Gasteiger partial charge in [0.15, 0.2) is 18.4 Å². The van der Waals surface area contributed by atoms with Crippen molar-refractivity contribution in [2.75, 3.05) is 0 Å². The lowest BCUT2D eigenvalue weighted by atomic mass is 10.2. The number of carbonyl (C=O) groups excluding carboxylic acids is 1. The zero-order valence-corrected chi connectivity index (χ0v) is 11.9. The van der Waals surface area contributed by atoms with E-state index in [1.807, 2.05) is 17.6 Å². The van der Waals surface area contributed by atoms with Gasteiger partial charge in [-0.2, -0.15) is 4.57 Å². The smallest absolute Gasteiger partial charge is 0.254 e. The van der Waals surface area contributed by atoms with Gasteiger partial charge in [0.2, 0.25) is 0 Å². The first-order valence-electron chi connectivity index (χ1n) is 5.72. The van der Waals surface area contributed by atoms with E-state index in [1.54, 1.807) is 30.5 Å². The predicted octanol–water partition coefficient (Wildman–Crippen LogP) is 2.74. The van der Waals surface area contributed by atoms with Crippen LogP contribution in [0.3, 0.4) is 0 Å². The lowest BCUT2D eigenvalue weighted by Crippen LogP contribution is -2.39. The van der Waals surface area contributed by atoms with Crippen LogP contribution in [0.4, 0.5) is 0 Å². The largest absolute Gasteiger partial charge is 0.365 e. The quantitative estimate of drug-likeness (QED) is 0.870. The fraction of sp³-hybridized carbons (Fsp3) is 0.143. The molecule has 0 radical (unpaired) electrons. The molecule has 0 unspecified atom stereocenters. The van der Waals surface area contributed by atoms with E-state index in [0.717, 1.165) is 11.3 Å². The van der Waals surface area contributed by atoms with Crippen molar-refractivity contribution >= 4 is 29.1 Å². The molecule has 1 amide bonds. The Morgan fingerprint density at radius 3 is 2.42 bits per heavy atom. The molecule has 0 aliphatic rings. The number of halogens is 2. The van der Waals surface area contributed by atoms with E-state index in [4.69, 9.17) is 28.9 Å². The number of carbonyl (C=O) groups is 1. The fourth-order valence-corrected chi connectivity index (χ4v) is 2.31. The van der Waals surface area contributed by atoms with Crippen molar-refractivity contribution in [1.29, 1.82) is 0 Å². The summed E-state index contributed by atoms with van der Waals surface area (Å²) in [4.78, 5) is 11.2. The van der Waals surface area contributed by atoms with Gasteiger partial charge in [-0.25, -0.2) is 0 Å². The van der Waals surface area contributed by atoms with Crippen LogP contribution in [0.2, 0.25) is 10.0 Å². The van der Waals surface area contributed by atoms with Crippen molar-refractivity contribution in [2.45, 2.75) is 13.5 Å². The number of nitrogens with two attached hydrogens (primary N) is 1. The monoisotopic (exact) mass is 295 g/mol. The molecule has 1 heterocycles. The molecule has 0 spiro atoms. The van der Waals surface area contributed by atoms with Gasteiger partial charge in [-0.05, 0) is 18.2 Å². The maximum Gasteiger partial charge on any atom is 0.254 e. The standard InChI is InChI=1S/C14H12Cl2N2O/c1-9-5-6-10(14(17)19)7-18(9)8-11-12(15)3-2-4-13(11)16/h2-7H,8H2,1H3,(H-,17,19)/p+1. The minimum Gasteiger partial charge on any atom is -0.365 e. The summed E-state index contributed by atoms with van der Waals surface area (Å²) in [5.74, 6) is -0.459. The van der Waals surface area contributed by atoms with Crippen LogP contribution >= 0.6 is 23.2 Å².